The molecule has 0 unspecified atom stereocenters. The largest absolute Gasteiger partial charge is 0.324 e. The molecule has 0 radical (unpaired) electrons. The quantitative estimate of drug-likeness (QED) is 0.856. The summed E-state index contributed by atoms with van der Waals surface area (Å²) in [5.41, 5.74) is 8.98. The van der Waals surface area contributed by atoms with Crippen LogP contribution in [0.15, 0.2) is 6.20 Å². The minimum Gasteiger partial charge on any atom is -0.324 e. The summed E-state index contributed by atoms with van der Waals surface area (Å²) in [6, 6.07) is 0. The van der Waals surface area contributed by atoms with Crippen LogP contribution < -0.4 is 5.73 Å². The van der Waals surface area contributed by atoms with Crippen LogP contribution in [0.1, 0.15) is 58.7 Å². The van der Waals surface area contributed by atoms with E-state index in [2.05, 4.69) is 45.9 Å². The van der Waals surface area contributed by atoms with Crippen molar-refractivity contribution in [1.29, 1.82) is 0 Å². The number of hydrogen-bond acceptors (Lipinski definition) is 2. The third kappa shape index (κ3) is 1.90. The summed E-state index contributed by atoms with van der Waals surface area (Å²) in [4.78, 5) is 0. The first kappa shape index (κ1) is 12.6. The molecule has 96 valence electrons. The van der Waals surface area contributed by atoms with Gasteiger partial charge in [0.2, 0.25) is 0 Å². The highest BCUT2D eigenvalue weighted by Gasteiger charge is 2.53. The van der Waals surface area contributed by atoms with Gasteiger partial charge in [-0.1, -0.05) is 34.6 Å². The van der Waals surface area contributed by atoms with E-state index in [0.717, 1.165) is 12.8 Å². The molecular weight excluding hydrogens is 210 g/mol. The molecule has 17 heavy (non-hydrogen) atoms. The van der Waals surface area contributed by atoms with Crippen molar-refractivity contribution in [1.82, 2.24) is 9.78 Å². The molecule has 0 bridgehead atoms. The van der Waals surface area contributed by atoms with Gasteiger partial charge in [0, 0.05) is 35.2 Å². The average Bonchev–Trinajstić information content (AvgIpc) is 2.76. The second-order valence-electron chi connectivity index (χ2n) is 7.10. The van der Waals surface area contributed by atoms with Crippen molar-refractivity contribution in [3.63, 3.8) is 0 Å². The van der Waals surface area contributed by atoms with Crippen molar-refractivity contribution in [3.05, 3.63) is 17.5 Å². The number of aryl methyl sites for hydroxylation is 1. The predicted octanol–water partition coefficient (Wildman–Crippen LogP) is 2.49. The zero-order chi connectivity index (χ0) is 13.1. The Kier molecular flexibility index (Phi) is 2.48. The topological polar surface area (TPSA) is 43.8 Å². The van der Waals surface area contributed by atoms with Crippen LogP contribution in [0.2, 0.25) is 0 Å². The molecular formula is C14H25N3. The lowest BCUT2D eigenvalue weighted by atomic mass is 9.72. The molecule has 1 aromatic rings. The van der Waals surface area contributed by atoms with Crippen molar-refractivity contribution in [3.8, 4) is 0 Å². The van der Waals surface area contributed by atoms with Crippen molar-refractivity contribution < 1.29 is 0 Å². The van der Waals surface area contributed by atoms with Crippen LogP contribution >= 0.6 is 0 Å². The standard InChI is InChI=1S/C14H25N3/c1-12(2,3)11-10(9-17(6)16-11)13(4,5)14(15)7-8-14/h9H,7-8,15H2,1-6H3. The van der Waals surface area contributed by atoms with Crippen LogP contribution in [0, 0.1) is 0 Å². The molecule has 1 fully saturated rings. The number of nitrogens with two attached hydrogens (primary N) is 1. The number of hydrogen-bond donors (Lipinski definition) is 1. The minimum atomic E-state index is -0.0317. The molecule has 2 rings (SSSR count). The molecule has 0 aromatic carbocycles. The third-order valence-electron chi connectivity index (χ3n) is 4.25. The van der Waals surface area contributed by atoms with Crippen LogP contribution in [0.4, 0.5) is 0 Å². The Hall–Kier alpha value is -0.830. The van der Waals surface area contributed by atoms with E-state index in [1.807, 2.05) is 11.7 Å². The van der Waals surface area contributed by atoms with Gasteiger partial charge in [-0.25, -0.2) is 0 Å². The maximum Gasteiger partial charge on any atom is 0.0715 e. The van der Waals surface area contributed by atoms with Crippen LogP contribution in [0.25, 0.3) is 0 Å². The molecule has 0 aliphatic heterocycles. The first-order chi connectivity index (χ1) is 7.58. The third-order valence-corrected chi connectivity index (χ3v) is 4.25. The summed E-state index contributed by atoms with van der Waals surface area (Å²) in [6.45, 7) is 11.2. The zero-order valence-corrected chi connectivity index (χ0v) is 12.0. The van der Waals surface area contributed by atoms with Gasteiger partial charge < -0.3 is 5.73 Å². The maximum atomic E-state index is 6.44. The highest BCUT2D eigenvalue weighted by Crippen LogP contribution is 2.50. The van der Waals surface area contributed by atoms with Gasteiger partial charge in [-0.15, -0.1) is 0 Å². The molecule has 3 nitrogen and oxygen atoms in total. The minimum absolute atomic E-state index is 0.00384. The lowest BCUT2D eigenvalue weighted by molar-refractivity contribution is 0.381. The van der Waals surface area contributed by atoms with Crippen molar-refractivity contribution in [2.75, 3.05) is 0 Å². The van der Waals surface area contributed by atoms with E-state index in [4.69, 9.17) is 5.73 Å². The summed E-state index contributed by atoms with van der Waals surface area (Å²) in [6.07, 6.45) is 4.39. The monoisotopic (exact) mass is 235 g/mol. The van der Waals surface area contributed by atoms with Crippen molar-refractivity contribution in [2.45, 2.75) is 63.8 Å². The second-order valence-corrected chi connectivity index (χ2v) is 7.10. The molecule has 1 aromatic heterocycles. The number of aromatic nitrogens is 2. The number of nitrogens with zero attached hydrogens (tertiary/aromatic N) is 2. The van der Waals surface area contributed by atoms with Crippen LogP contribution in [0.5, 0.6) is 0 Å². The summed E-state index contributed by atoms with van der Waals surface area (Å²) < 4.78 is 1.92. The molecule has 1 aliphatic carbocycles. The van der Waals surface area contributed by atoms with Gasteiger partial charge in [-0.05, 0) is 12.8 Å². The van der Waals surface area contributed by atoms with Crippen molar-refractivity contribution in [2.24, 2.45) is 12.8 Å². The predicted molar refractivity (Wildman–Crippen MR) is 71.1 cm³/mol. The molecule has 2 N–H and O–H groups in total. The smallest absolute Gasteiger partial charge is 0.0715 e. The normalized spacial score (nSPS) is 19.5. The highest BCUT2D eigenvalue weighted by atomic mass is 15.3. The van der Waals surface area contributed by atoms with E-state index in [0.29, 0.717) is 0 Å². The van der Waals surface area contributed by atoms with Crippen LogP contribution in [-0.2, 0) is 17.9 Å². The molecule has 3 heteroatoms. The van der Waals surface area contributed by atoms with Gasteiger partial charge in [0.1, 0.15) is 0 Å². The Balaban J connectivity index is 2.52. The zero-order valence-electron chi connectivity index (χ0n) is 12.0. The van der Waals surface area contributed by atoms with Gasteiger partial charge in [-0.3, -0.25) is 4.68 Å². The van der Waals surface area contributed by atoms with E-state index < -0.39 is 0 Å². The van der Waals surface area contributed by atoms with Crippen molar-refractivity contribution >= 4 is 0 Å². The lowest BCUT2D eigenvalue weighted by Gasteiger charge is -2.34. The van der Waals surface area contributed by atoms with Crippen LogP contribution in [-0.4, -0.2) is 15.3 Å². The SMILES string of the molecule is Cn1cc(C(C)(C)C2(N)CC2)c(C(C)(C)C)n1. The Bertz CT molecular complexity index is 431. The highest BCUT2D eigenvalue weighted by molar-refractivity contribution is 5.37. The fourth-order valence-corrected chi connectivity index (χ4v) is 2.53. The number of rotatable bonds is 2. The Labute approximate surface area is 104 Å². The molecule has 1 saturated carbocycles. The molecule has 1 heterocycles. The van der Waals surface area contributed by atoms with E-state index in [1.54, 1.807) is 0 Å². The van der Waals surface area contributed by atoms with Gasteiger partial charge in [0.25, 0.3) is 0 Å². The molecule has 0 amide bonds. The molecule has 0 atom stereocenters. The fourth-order valence-electron chi connectivity index (χ4n) is 2.53. The molecule has 0 saturated heterocycles. The summed E-state index contributed by atoms with van der Waals surface area (Å²) in [5, 5.41) is 4.65. The summed E-state index contributed by atoms with van der Waals surface area (Å²) >= 11 is 0. The average molecular weight is 235 g/mol. The Morgan fingerprint density at radius 3 is 2.18 bits per heavy atom. The van der Waals surface area contributed by atoms with Gasteiger partial charge in [0.05, 0.1) is 5.69 Å². The molecule has 0 spiro atoms. The first-order valence-electron chi connectivity index (χ1n) is 6.41. The van der Waals surface area contributed by atoms with Crippen LogP contribution in [0.3, 0.4) is 0 Å². The first-order valence-corrected chi connectivity index (χ1v) is 6.41. The lowest BCUT2D eigenvalue weighted by Crippen LogP contribution is -2.44. The van der Waals surface area contributed by atoms with Gasteiger partial charge >= 0.3 is 0 Å². The van der Waals surface area contributed by atoms with E-state index in [1.165, 1.54) is 11.3 Å². The Morgan fingerprint density at radius 2 is 1.76 bits per heavy atom. The molecule has 1 aliphatic rings. The van der Waals surface area contributed by atoms with E-state index in [-0.39, 0.29) is 16.4 Å². The van der Waals surface area contributed by atoms with E-state index in [9.17, 15) is 0 Å². The van der Waals surface area contributed by atoms with E-state index >= 15 is 0 Å². The van der Waals surface area contributed by atoms with Gasteiger partial charge in [0.15, 0.2) is 0 Å². The Morgan fingerprint density at radius 1 is 1.24 bits per heavy atom. The summed E-state index contributed by atoms with van der Waals surface area (Å²) in [5.74, 6) is 0. The summed E-state index contributed by atoms with van der Waals surface area (Å²) in [7, 11) is 1.99. The maximum absolute atomic E-state index is 6.44. The van der Waals surface area contributed by atoms with Gasteiger partial charge in [-0.2, -0.15) is 5.10 Å². The fraction of sp³-hybridized carbons (Fsp3) is 0.786. The second kappa shape index (κ2) is 3.35.